The summed E-state index contributed by atoms with van der Waals surface area (Å²) in [6, 6.07) is 2.60. The third-order valence-corrected chi connectivity index (χ3v) is 1.25. The number of halogens is 3. The summed E-state index contributed by atoms with van der Waals surface area (Å²) in [5.41, 5.74) is 0.515. The molecule has 1 heterocycles. The summed E-state index contributed by atoms with van der Waals surface area (Å²) in [6.45, 7) is 0. The minimum absolute atomic E-state index is 0.508. The van der Waals surface area contributed by atoms with Gasteiger partial charge in [-0.3, -0.25) is 0 Å². The molecule has 4 heteroatoms. The van der Waals surface area contributed by atoms with E-state index in [4.69, 9.17) is 0 Å². The summed E-state index contributed by atoms with van der Waals surface area (Å²) < 4.78 is 23.8. The Labute approximate surface area is 70.9 Å². The molecule has 0 aliphatic carbocycles. The average molecular weight is 220 g/mol. The zero-order valence-corrected chi connectivity index (χ0v) is 6.98. The van der Waals surface area contributed by atoms with E-state index < -0.39 is 10.7 Å². The van der Waals surface area contributed by atoms with E-state index in [0.29, 0.717) is 5.56 Å². The van der Waals surface area contributed by atoms with E-state index in [1.54, 1.807) is 0 Å². The summed E-state index contributed by atoms with van der Waals surface area (Å²) in [6.07, 6.45) is 2.45. The molecule has 0 bridgehead atoms. The van der Waals surface area contributed by atoms with E-state index in [0.717, 1.165) is 0 Å². The predicted octanol–water partition coefficient (Wildman–Crippen LogP) is 2.88. The van der Waals surface area contributed by atoms with Crippen LogP contribution in [0.5, 0.6) is 0 Å². The van der Waals surface area contributed by atoms with Gasteiger partial charge >= 0.3 is 0 Å². The number of hydrogen-bond donors (Lipinski definition) is 0. The van der Waals surface area contributed by atoms with E-state index in [-0.39, 0.29) is 0 Å². The van der Waals surface area contributed by atoms with Crippen molar-refractivity contribution in [2.45, 2.75) is 0 Å². The molecule has 1 aromatic rings. The van der Waals surface area contributed by atoms with Crippen LogP contribution < -0.4 is 0 Å². The minimum atomic E-state index is -0.572. The highest BCUT2D eigenvalue weighted by atomic mass is 79.9. The van der Waals surface area contributed by atoms with Crippen LogP contribution in [0.25, 0.3) is 6.08 Å². The smallest absolute Gasteiger partial charge is 0.212 e. The highest BCUT2D eigenvalue weighted by molar-refractivity contribution is 9.11. The Hall–Kier alpha value is -0.770. The molecule has 58 valence electrons. The first-order chi connectivity index (χ1) is 5.18. The van der Waals surface area contributed by atoms with Gasteiger partial charge in [-0.1, -0.05) is 0 Å². The maximum atomic E-state index is 12.2. The molecule has 0 aliphatic heterocycles. The zero-order valence-electron chi connectivity index (χ0n) is 5.39. The summed E-state index contributed by atoms with van der Waals surface area (Å²) >= 11 is 2.60. The van der Waals surface area contributed by atoms with Crippen molar-refractivity contribution in [1.82, 2.24) is 4.98 Å². The molecule has 0 aliphatic rings. The molecule has 0 N–H and O–H groups in total. The Morgan fingerprint density at radius 3 is 2.73 bits per heavy atom. The highest BCUT2D eigenvalue weighted by Crippen LogP contribution is 2.11. The molecule has 1 aromatic heterocycles. The number of aromatic nitrogens is 1. The van der Waals surface area contributed by atoms with Crippen LogP contribution >= 0.6 is 15.9 Å². The summed E-state index contributed by atoms with van der Waals surface area (Å²) in [4.78, 5) is 3.33. The topological polar surface area (TPSA) is 12.9 Å². The molecule has 0 saturated carbocycles. The number of hydrogen-bond acceptors (Lipinski definition) is 1. The summed E-state index contributed by atoms with van der Waals surface area (Å²) in [7, 11) is 0. The van der Waals surface area contributed by atoms with Crippen LogP contribution in [-0.2, 0) is 0 Å². The molecule has 0 aromatic carbocycles. The van der Waals surface area contributed by atoms with Gasteiger partial charge in [0, 0.05) is 6.20 Å². The molecule has 0 amide bonds. The quantitative estimate of drug-likeness (QED) is 0.663. The number of nitrogens with zero attached hydrogens (tertiary/aromatic N) is 1. The maximum absolute atomic E-state index is 12.2. The Morgan fingerprint density at radius 2 is 2.27 bits per heavy atom. The van der Waals surface area contributed by atoms with Gasteiger partial charge in [0.1, 0.15) is 0 Å². The molecule has 0 unspecified atom stereocenters. The van der Waals surface area contributed by atoms with Crippen LogP contribution in [0.3, 0.4) is 0 Å². The lowest BCUT2D eigenvalue weighted by atomic mass is 10.3. The van der Waals surface area contributed by atoms with Crippen molar-refractivity contribution >= 4 is 22.0 Å². The fraction of sp³-hybridized carbons (Fsp3) is 0. The molecule has 0 atom stereocenters. The molecule has 11 heavy (non-hydrogen) atoms. The molecular weight excluding hydrogens is 216 g/mol. The summed E-state index contributed by atoms with van der Waals surface area (Å²) in [5, 5.41) is 0. The normalized spacial score (nSPS) is 11.7. The highest BCUT2D eigenvalue weighted by Gasteiger charge is 1.92. The number of pyridine rings is 1. The molecule has 1 nitrogen and oxygen atoms in total. The van der Waals surface area contributed by atoms with Crippen LogP contribution in [0, 0.1) is 5.95 Å². The monoisotopic (exact) mass is 219 g/mol. The zero-order chi connectivity index (χ0) is 8.27. The van der Waals surface area contributed by atoms with E-state index in [1.165, 1.54) is 24.4 Å². The lowest BCUT2D eigenvalue weighted by Gasteiger charge is -1.90. The molecule has 0 fully saturated rings. The van der Waals surface area contributed by atoms with Crippen molar-refractivity contribution in [3.05, 3.63) is 34.6 Å². The van der Waals surface area contributed by atoms with Gasteiger partial charge in [-0.25, -0.2) is 4.98 Å². The fourth-order valence-electron chi connectivity index (χ4n) is 0.599. The van der Waals surface area contributed by atoms with Gasteiger partial charge in [0.2, 0.25) is 5.95 Å². The average Bonchev–Trinajstić information content (AvgIpc) is 1.93. The van der Waals surface area contributed by atoms with E-state index in [9.17, 15) is 8.78 Å². The van der Waals surface area contributed by atoms with E-state index in [2.05, 4.69) is 20.9 Å². The second-order valence-electron chi connectivity index (χ2n) is 1.85. The van der Waals surface area contributed by atoms with Gasteiger partial charge in [-0.05, 0) is 39.7 Å². The van der Waals surface area contributed by atoms with Gasteiger partial charge < -0.3 is 0 Å². The molecule has 1 rings (SSSR count). The molecule has 0 spiro atoms. The first kappa shape index (κ1) is 8.33. The van der Waals surface area contributed by atoms with Crippen LogP contribution in [0.1, 0.15) is 5.56 Å². The van der Waals surface area contributed by atoms with Crippen molar-refractivity contribution in [2.75, 3.05) is 0 Å². The van der Waals surface area contributed by atoms with Crippen molar-refractivity contribution in [2.24, 2.45) is 0 Å². The second-order valence-corrected chi connectivity index (χ2v) is 2.61. The first-order valence-electron chi connectivity index (χ1n) is 2.83. The Morgan fingerprint density at radius 1 is 1.55 bits per heavy atom. The van der Waals surface area contributed by atoms with Crippen molar-refractivity contribution in [1.29, 1.82) is 0 Å². The van der Waals surface area contributed by atoms with Crippen LogP contribution in [0.4, 0.5) is 8.78 Å². The predicted molar refractivity (Wildman–Crippen MR) is 42.2 cm³/mol. The van der Waals surface area contributed by atoms with Crippen LogP contribution in [0.15, 0.2) is 23.1 Å². The first-order valence-corrected chi connectivity index (χ1v) is 3.62. The van der Waals surface area contributed by atoms with Crippen LogP contribution in [-0.4, -0.2) is 4.98 Å². The largest absolute Gasteiger partial charge is 0.228 e. The third kappa shape index (κ3) is 2.76. The Bertz CT molecular complexity index is 264. The second kappa shape index (κ2) is 3.57. The third-order valence-electron chi connectivity index (χ3n) is 1.03. The summed E-state index contributed by atoms with van der Waals surface area (Å²) in [5.74, 6) is -0.572. The molecule has 0 saturated heterocycles. The molecular formula is C7H4BrF2N. The maximum Gasteiger partial charge on any atom is 0.212 e. The number of rotatable bonds is 1. The van der Waals surface area contributed by atoms with E-state index >= 15 is 0 Å². The van der Waals surface area contributed by atoms with Gasteiger partial charge in [0.15, 0.2) is 4.74 Å². The standard InChI is InChI=1S/C7H4BrF2N/c8-6(9)3-5-1-2-7(10)11-4-5/h1-4H/b6-3-. The minimum Gasteiger partial charge on any atom is -0.228 e. The van der Waals surface area contributed by atoms with Gasteiger partial charge in [-0.2, -0.15) is 8.78 Å². The van der Waals surface area contributed by atoms with Gasteiger partial charge in [0.05, 0.1) is 0 Å². The van der Waals surface area contributed by atoms with Crippen molar-refractivity contribution in [3.8, 4) is 0 Å². The lowest BCUT2D eigenvalue weighted by molar-refractivity contribution is 0.583. The Kier molecular flexibility index (Phi) is 2.70. The van der Waals surface area contributed by atoms with Gasteiger partial charge in [0.25, 0.3) is 0 Å². The fourth-order valence-corrected chi connectivity index (χ4v) is 0.863. The van der Waals surface area contributed by atoms with Crippen LogP contribution in [0.2, 0.25) is 0 Å². The lowest BCUT2D eigenvalue weighted by Crippen LogP contribution is -1.80. The van der Waals surface area contributed by atoms with Crippen molar-refractivity contribution in [3.63, 3.8) is 0 Å². The SMILES string of the molecule is F/C(Br)=C\c1ccc(F)nc1. The Balaban J connectivity index is 2.91. The van der Waals surface area contributed by atoms with Crippen molar-refractivity contribution < 1.29 is 8.78 Å². The van der Waals surface area contributed by atoms with Gasteiger partial charge in [-0.15, -0.1) is 0 Å². The van der Waals surface area contributed by atoms with E-state index in [1.807, 2.05) is 0 Å². The molecule has 0 radical (unpaired) electrons.